The lowest BCUT2D eigenvalue weighted by Gasteiger charge is -2.27. The lowest BCUT2D eigenvalue weighted by atomic mass is 9.76. The standard InChI is InChI=1S/C67H46N2/c1-3-20-43(21-4-1)68-61-38-11-8-24-47(61)53-33-17-31-51(65(53)68)45-27-15-29-49-57(45)42-58-46(52-32-18-34-54-48-25-9-12-39-62(48)69(66(52)54)44-22-5-2-6-23-44)28-16-30-50(58)63(49)56-35-19-37-60-64(56)55-26-7-10-36-59(55)67(60)40-13-14-41-67/h1-12,15-39,42H,13-14,40-41H2. The first-order chi connectivity index (χ1) is 34.3. The van der Waals surface area contributed by atoms with Gasteiger partial charge in [-0.15, -0.1) is 0 Å². The molecule has 0 atom stereocenters. The quantitative estimate of drug-likeness (QED) is 0.152. The van der Waals surface area contributed by atoms with Gasteiger partial charge >= 0.3 is 0 Å². The van der Waals surface area contributed by atoms with E-state index >= 15 is 0 Å². The number of aromatic nitrogens is 2. The minimum Gasteiger partial charge on any atom is -0.309 e. The molecule has 13 aromatic rings. The second-order valence-corrected chi connectivity index (χ2v) is 19.4. The molecule has 69 heavy (non-hydrogen) atoms. The number of hydrogen-bond acceptors (Lipinski definition) is 0. The van der Waals surface area contributed by atoms with Crippen LogP contribution in [0, 0.1) is 0 Å². The number of para-hydroxylation sites is 6. The Kier molecular flexibility index (Phi) is 8.27. The van der Waals surface area contributed by atoms with Gasteiger partial charge in [-0.25, -0.2) is 0 Å². The molecular formula is C67H46N2. The van der Waals surface area contributed by atoms with Gasteiger partial charge < -0.3 is 9.13 Å². The highest BCUT2D eigenvalue weighted by Crippen LogP contribution is 2.60. The zero-order valence-corrected chi connectivity index (χ0v) is 38.2. The van der Waals surface area contributed by atoms with Crippen LogP contribution in [0.1, 0.15) is 36.8 Å². The molecule has 1 fully saturated rings. The first-order valence-corrected chi connectivity index (χ1v) is 24.6. The lowest BCUT2D eigenvalue weighted by Crippen LogP contribution is -2.20. The van der Waals surface area contributed by atoms with Crippen LogP contribution in [-0.4, -0.2) is 9.13 Å². The Bertz CT molecular complexity index is 4020. The molecule has 2 aliphatic carbocycles. The van der Waals surface area contributed by atoms with Crippen molar-refractivity contribution in [1.29, 1.82) is 0 Å². The molecule has 0 radical (unpaired) electrons. The van der Waals surface area contributed by atoms with Crippen LogP contribution >= 0.6 is 0 Å². The third kappa shape index (κ3) is 5.37. The number of hydrogen-bond donors (Lipinski definition) is 0. The van der Waals surface area contributed by atoms with Gasteiger partial charge in [0.2, 0.25) is 0 Å². The van der Waals surface area contributed by atoms with Crippen LogP contribution in [0.3, 0.4) is 0 Å². The van der Waals surface area contributed by atoms with Crippen molar-refractivity contribution in [3.63, 3.8) is 0 Å². The van der Waals surface area contributed by atoms with Gasteiger partial charge in [0.05, 0.1) is 22.1 Å². The maximum absolute atomic E-state index is 2.54. The van der Waals surface area contributed by atoms with Gasteiger partial charge in [-0.2, -0.15) is 0 Å². The van der Waals surface area contributed by atoms with Gasteiger partial charge in [-0.05, 0) is 121 Å². The van der Waals surface area contributed by atoms with Crippen molar-refractivity contribution in [2.75, 3.05) is 0 Å². The largest absolute Gasteiger partial charge is 0.309 e. The predicted octanol–water partition coefficient (Wildman–Crippen LogP) is 18.0. The summed E-state index contributed by atoms with van der Waals surface area (Å²) in [6, 6.07) is 86.7. The first-order valence-electron chi connectivity index (χ1n) is 24.6. The number of rotatable bonds is 5. The summed E-state index contributed by atoms with van der Waals surface area (Å²) in [7, 11) is 0. The van der Waals surface area contributed by atoms with E-state index in [0.717, 1.165) is 11.4 Å². The van der Waals surface area contributed by atoms with Crippen molar-refractivity contribution in [3.8, 4) is 55.9 Å². The number of benzene rings is 11. The summed E-state index contributed by atoms with van der Waals surface area (Å²) < 4.78 is 4.97. The van der Waals surface area contributed by atoms with Crippen molar-refractivity contribution >= 4 is 65.2 Å². The van der Waals surface area contributed by atoms with Gasteiger partial charge in [-0.1, -0.05) is 201 Å². The molecule has 2 nitrogen and oxygen atoms in total. The van der Waals surface area contributed by atoms with E-state index in [1.807, 2.05) is 0 Å². The average molecular weight is 879 g/mol. The third-order valence-corrected chi connectivity index (χ3v) is 16.1. The van der Waals surface area contributed by atoms with Crippen molar-refractivity contribution in [3.05, 3.63) is 242 Å². The molecular weight excluding hydrogens is 833 g/mol. The van der Waals surface area contributed by atoms with Gasteiger partial charge in [0.1, 0.15) is 0 Å². The van der Waals surface area contributed by atoms with Crippen molar-refractivity contribution < 1.29 is 0 Å². The summed E-state index contributed by atoms with van der Waals surface area (Å²) in [4.78, 5) is 0. The molecule has 11 aromatic carbocycles. The maximum atomic E-state index is 2.54. The average Bonchev–Trinajstić information content (AvgIpc) is 4.20. The summed E-state index contributed by atoms with van der Waals surface area (Å²) in [5.74, 6) is 0. The Morgan fingerprint density at radius 3 is 1.25 bits per heavy atom. The molecule has 0 unspecified atom stereocenters. The Labute approximate surface area is 401 Å². The fraction of sp³-hybridized carbons (Fsp3) is 0.0746. The minimum absolute atomic E-state index is 0.0552. The molecule has 0 aliphatic heterocycles. The second-order valence-electron chi connectivity index (χ2n) is 19.4. The molecule has 15 rings (SSSR count). The van der Waals surface area contributed by atoms with Gasteiger partial charge in [0.25, 0.3) is 0 Å². The molecule has 0 saturated heterocycles. The molecule has 1 spiro atoms. The van der Waals surface area contributed by atoms with E-state index in [1.54, 1.807) is 0 Å². The molecule has 2 heteroatoms. The Morgan fingerprint density at radius 1 is 0.275 bits per heavy atom. The summed E-state index contributed by atoms with van der Waals surface area (Å²) in [6.45, 7) is 0. The highest BCUT2D eigenvalue weighted by molar-refractivity contribution is 6.24. The monoisotopic (exact) mass is 878 g/mol. The van der Waals surface area contributed by atoms with E-state index in [2.05, 4.69) is 240 Å². The Morgan fingerprint density at radius 2 is 0.681 bits per heavy atom. The molecule has 0 N–H and O–H groups in total. The summed E-state index contributed by atoms with van der Waals surface area (Å²) in [5.41, 5.74) is 20.6. The topological polar surface area (TPSA) is 9.86 Å². The van der Waals surface area contributed by atoms with Gasteiger partial charge in [0.15, 0.2) is 0 Å². The fourth-order valence-electron chi connectivity index (χ4n) is 13.3. The molecule has 2 aromatic heterocycles. The molecule has 0 bridgehead atoms. The zero-order valence-electron chi connectivity index (χ0n) is 38.2. The minimum atomic E-state index is 0.0552. The summed E-state index contributed by atoms with van der Waals surface area (Å²) in [5, 5.41) is 10.1. The van der Waals surface area contributed by atoms with E-state index in [-0.39, 0.29) is 5.41 Å². The SMILES string of the molecule is c1ccc(-n2c3ccccc3c3cccc(-c4cccc5c(-c6cccc7c6-c6ccccc6C76CCCC6)c6cccc(-c7cccc8c9ccccc9n(-c9ccccc9)c78)c6cc45)c32)cc1. The second kappa shape index (κ2) is 14.8. The first kappa shape index (κ1) is 38.6. The van der Waals surface area contributed by atoms with Crippen molar-refractivity contribution in [2.24, 2.45) is 0 Å². The smallest absolute Gasteiger partial charge is 0.0619 e. The van der Waals surface area contributed by atoms with Gasteiger partial charge in [-0.3, -0.25) is 0 Å². The van der Waals surface area contributed by atoms with Crippen LogP contribution in [0.4, 0.5) is 0 Å². The normalized spacial score (nSPS) is 14.0. The van der Waals surface area contributed by atoms with Crippen molar-refractivity contribution in [2.45, 2.75) is 31.1 Å². The lowest BCUT2D eigenvalue weighted by molar-refractivity contribution is 0.550. The molecule has 0 amide bonds. The van der Waals surface area contributed by atoms with Crippen LogP contribution < -0.4 is 0 Å². The summed E-state index contributed by atoms with van der Waals surface area (Å²) in [6.07, 6.45) is 4.92. The summed E-state index contributed by atoms with van der Waals surface area (Å²) >= 11 is 0. The van der Waals surface area contributed by atoms with Crippen LogP contribution in [-0.2, 0) is 5.41 Å². The Balaban J connectivity index is 1.10. The van der Waals surface area contributed by atoms with E-state index in [0.29, 0.717) is 0 Å². The van der Waals surface area contributed by atoms with Crippen LogP contribution in [0.25, 0.3) is 121 Å². The van der Waals surface area contributed by atoms with Crippen LogP contribution in [0.5, 0.6) is 0 Å². The highest BCUT2D eigenvalue weighted by Gasteiger charge is 2.45. The molecule has 2 aliphatic rings. The fourth-order valence-corrected chi connectivity index (χ4v) is 13.3. The molecule has 2 heterocycles. The maximum Gasteiger partial charge on any atom is 0.0619 e. The number of nitrogens with zero attached hydrogens (tertiary/aromatic N) is 2. The zero-order chi connectivity index (χ0) is 45.2. The van der Waals surface area contributed by atoms with E-state index in [1.165, 1.54) is 146 Å². The molecule has 1 saturated carbocycles. The van der Waals surface area contributed by atoms with E-state index in [9.17, 15) is 0 Å². The van der Waals surface area contributed by atoms with Crippen LogP contribution in [0.15, 0.2) is 231 Å². The van der Waals surface area contributed by atoms with E-state index in [4.69, 9.17) is 0 Å². The predicted molar refractivity (Wildman–Crippen MR) is 291 cm³/mol. The highest BCUT2D eigenvalue weighted by atomic mass is 15.0. The van der Waals surface area contributed by atoms with Crippen LogP contribution in [0.2, 0.25) is 0 Å². The van der Waals surface area contributed by atoms with E-state index < -0.39 is 0 Å². The third-order valence-electron chi connectivity index (χ3n) is 16.1. The van der Waals surface area contributed by atoms with Gasteiger partial charge in [0, 0.05) is 49.5 Å². The Hall–Kier alpha value is -8.46. The number of fused-ring (bicyclic) bond motifs is 13. The van der Waals surface area contributed by atoms with Crippen molar-refractivity contribution in [1.82, 2.24) is 9.13 Å². The molecule has 324 valence electrons.